The van der Waals surface area contributed by atoms with Gasteiger partial charge in [-0.05, 0) is 36.4 Å². The summed E-state index contributed by atoms with van der Waals surface area (Å²) in [5, 5.41) is 4.79. The third kappa shape index (κ3) is 5.18. The van der Waals surface area contributed by atoms with E-state index >= 15 is 0 Å². The van der Waals surface area contributed by atoms with Gasteiger partial charge in [-0.15, -0.1) is 0 Å². The van der Waals surface area contributed by atoms with E-state index in [-0.39, 0.29) is 22.9 Å². The minimum absolute atomic E-state index is 0.0875. The fourth-order valence-corrected chi connectivity index (χ4v) is 2.18. The van der Waals surface area contributed by atoms with Crippen LogP contribution in [0, 0.1) is 11.6 Å². The molecule has 2 amide bonds. The van der Waals surface area contributed by atoms with E-state index in [9.17, 15) is 18.4 Å². The number of benzene rings is 2. The molecule has 0 unspecified atom stereocenters. The lowest BCUT2D eigenvalue weighted by atomic mass is 10.2. The highest BCUT2D eigenvalue weighted by Gasteiger charge is 2.10. The van der Waals surface area contributed by atoms with Crippen LogP contribution in [0.4, 0.5) is 20.2 Å². The molecule has 0 aliphatic rings. The molecular weight excluding hydrogens is 361 g/mol. The average Bonchev–Trinajstić information content (AvgIpc) is 2.53. The first-order chi connectivity index (χ1) is 11.3. The molecule has 0 atom stereocenters. The van der Waals surface area contributed by atoms with Gasteiger partial charge in [-0.3, -0.25) is 9.59 Å². The predicted molar refractivity (Wildman–Crippen MR) is 89.3 cm³/mol. The maximum atomic E-state index is 13.0. The van der Waals surface area contributed by atoms with Gasteiger partial charge in [0.25, 0.3) is 0 Å². The SMILES string of the molecule is O=C(CCC(=O)Nc1ccc(F)c(Cl)c1)Nc1ccc(F)c(Cl)c1. The summed E-state index contributed by atoms with van der Waals surface area (Å²) in [6, 6.07) is 7.52. The molecule has 0 aromatic heterocycles. The molecule has 0 saturated carbocycles. The van der Waals surface area contributed by atoms with E-state index in [0.29, 0.717) is 11.4 Å². The van der Waals surface area contributed by atoms with Crippen molar-refractivity contribution in [2.24, 2.45) is 0 Å². The Morgan fingerprint density at radius 3 is 1.50 bits per heavy atom. The molecule has 2 rings (SSSR count). The maximum Gasteiger partial charge on any atom is 0.224 e. The molecule has 8 heteroatoms. The topological polar surface area (TPSA) is 58.2 Å². The standard InChI is InChI=1S/C16H12Cl2F2N2O2/c17-11-7-9(1-3-13(11)19)21-15(23)5-6-16(24)22-10-2-4-14(20)12(18)8-10/h1-4,7-8H,5-6H2,(H,21,23)(H,22,24). The van der Waals surface area contributed by atoms with E-state index < -0.39 is 23.4 Å². The summed E-state index contributed by atoms with van der Waals surface area (Å²) in [7, 11) is 0. The van der Waals surface area contributed by atoms with Crippen LogP contribution in [-0.4, -0.2) is 11.8 Å². The van der Waals surface area contributed by atoms with Gasteiger partial charge >= 0.3 is 0 Å². The van der Waals surface area contributed by atoms with Crippen molar-refractivity contribution in [1.29, 1.82) is 0 Å². The smallest absolute Gasteiger partial charge is 0.224 e. The predicted octanol–water partition coefficient (Wildman–Crippen LogP) is 4.63. The van der Waals surface area contributed by atoms with Crippen LogP contribution >= 0.6 is 23.2 Å². The Balaban J connectivity index is 1.83. The maximum absolute atomic E-state index is 13.0. The van der Waals surface area contributed by atoms with Crippen molar-refractivity contribution in [3.05, 3.63) is 58.1 Å². The molecule has 0 aliphatic heterocycles. The average molecular weight is 373 g/mol. The first kappa shape index (κ1) is 18.2. The van der Waals surface area contributed by atoms with Crippen molar-refractivity contribution in [3.8, 4) is 0 Å². The summed E-state index contributed by atoms with van der Waals surface area (Å²) in [6.45, 7) is 0. The van der Waals surface area contributed by atoms with Gasteiger partial charge in [0, 0.05) is 24.2 Å². The van der Waals surface area contributed by atoms with E-state index in [1.807, 2.05) is 0 Å². The number of rotatable bonds is 5. The molecule has 2 N–H and O–H groups in total. The summed E-state index contributed by atoms with van der Waals surface area (Å²) in [5.74, 6) is -2.03. The lowest BCUT2D eigenvalue weighted by Crippen LogP contribution is -2.17. The lowest BCUT2D eigenvalue weighted by Gasteiger charge is -2.07. The van der Waals surface area contributed by atoms with Crippen molar-refractivity contribution in [3.63, 3.8) is 0 Å². The molecule has 24 heavy (non-hydrogen) atoms. The van der Waals surface area contributed by atoms with Crippen LogP contribution < -0.4 is 10.6 Å². The molecule has 0 spiro atoms. The fourth-order valence-electron chi connectivity index (χ4n) is 1.82. The van der Waals surface area contributed by atoms with Gasteiger partial charge in [0.2, 0.25) is 11.8 Å². The molecule has 4 nitrogen and oxygen atoms in total. The number of hydrogen-bond donors (Lipinski definition) is 2. The van der Waals surface area contributed by atoms with Gasteiger partial charge in [-0.25, -0.2) is 8.78 Å². The van der Waals surface area contributed by atoms with E-state index in [0.717, 1.165) is 12.1 Å². The highest BCUT2D eigenvalue weighted by Crippen LogP contribution is 2.20. The summed E-state index contributed by atoms with van der Waals surface area (Å²) in [6.07, 6.45) is -0.175. The number of carbonyl (C=O) groups excluding carboxylic acids is 2. The van der Waals surface area contributed by atoms with E-state index in [1.54, 1.807) is 0 Å². The van der Waals surface area contributed by atoms with Crippen LogP contribution in [0.5, 0.6) is 0 Å². The van der Waals surface area contributed by atoms with Crippen LogP contribution in [0.2, 0.25) is 10.0 Å². The van der Waals surface area contributed by atoms with E-state index in [4.69, 9.17) is 23.2 Å². The second kappa shape index (κ2) is 8.08. The van der Waals surface area contributed by atoms with Gasteiger partial charge < -0.3 is 10.6 Å². The van der Waals surface area contributed by atoms with Gasteiger partial charge in [0.15, 0.2) is 0 Å². The monoisotopic (exact) mass is 372 g/mol. The van der Waals surface area contributed by atoms with Crippen LogP contribution in [0.25, 0.3) is 0 Å². The molecule has 0 heterocycles. The minimum atomic E-state index is -0.591. The third-order valence-electron chi connectivity index (χ3n) is 2.99. The summed E-state index contributed by atoms with van der Waals surface area (Å²) in [4.78, 5) is 23.5. The molecule has 0 aliphatic carbocycles. The first-order valence-corrected chi connectivity index (χ1v) is 7.60. The molecular formula is C16H12Cl2F2N2O2. The van der Waals surface area contributed by atoms with Crippen LogP contribution in [0.1, 0.15) is 12.8 Å². The van der Waals surface area contributed by atoms with Crippen LogP contribution in [0.15, 0.2) is 36.4 Å². The van der Waals surface area contributed by atoms with Gasteiger partial charge in [0.1, 0.15) is 11.6 Å². The summed E-state index contributed by atoms with van der Waals surface area (Å²) < 4.78 is 26.0. The number of halogens is 4. The molecule has 0 fully saturated rings. The zero-order valence-corrected chi connectivity index (χ0v) is 13.7. The summed E-state index contributed by atoms with van der Waals surface area (Å²) >= 11 is 11.2. The number of anilines is 2. The second-order valence-electron chi connectivity index (χ2n) is 4.85. The Morgan fingerprint density at radius 2 is 1.17 bits per heavy atom. The molecule has 2 aromatic rings. The van der Waals surface area contributed by atoms with Crippen LogP contribution in [0.3, 0.4) is 0 Å². The normalized spacial score (nSPS) is 10.3. The summed E-state index contributed by atoms with van der Waals surface area (Å²) in [5.41, 5.74) is 0.661. The van der Waals surface area contributed by atoms with E-state index in [2.05, 4.69) is 10.6 Å². The number of hydrogen-bond acceptors (Lipinski definition) is 2. The van der Waals surface area contributed by atoms with Crippen molar-refractivity contribution in [1.82, 2.24) is 0 Å². The zero-order chi connectivity index (χ0) is 17.7. The lowest BCUT2D eigenvalue weighted by molar-refractivity contribution is -0.121. The number of nitrogens with one attached hydrogen (secondary N) is 2. The third-order valence-corrected chi connectivity index (χ3v) is 3.57. The Labute approximate surface area is 146 Å². The second-order valence-corrected chi connectivity index (χ2v) is 5.67. The van der Waals surface area contributed by atoms with Gasteiger partial charge in [0.05, 0.1) is 10.0 Å². The van der Waals surface area contributed by atoms with Crippen molar-refractivity contribution in [2.75, 3.05) is 10.6 Å². The molecule has 0 bridgehead atoms. The Bertz CT molecular complexity index is 719. The molecule has 126 valence electrons. The number of carbonyl (C=O) groups is 2. The molecule has 0 saturated heterocycles. The van der Waals surface area contributed by atoms with Crippen molar-refractivity contribution < 1.29 is 18.4 Å². The Hall–Kier alpha value is -2.18. The quantitative estimate of drug-likeness (QED) is 0.803. The fraction of sp³-hybridized carbons (Fsp3) is 0.125. The minimum Gasteiger partial charge on any atom is -0.326 e. The number of amides is 2. The van der Waals surface area contributed by atoms with Crippen LogP contribution in [-0.2, 0) is 9.59 Å². The molecule has 2 aromatic carbocycles. The van der Waals surface area contributed by atoms with Gasteiger partial charge in [-0.2, -0.15) is 0 Å². The highest BCUT2D eigenvalue weighted by molar-refractivity contribution is 6.31. The van der Waals surface area contributed by atoms with Crippen molar-refractivity contribution in [2.45, 2.75) is 12.8 Å². The molecule has 0 radical (unpaired) electrons. The largest absolute Gasteiger partial charge is 0.326 e. The Kier molecular flexibility index (Phi) is 6.11. The van der Waals surface area contributed by atoms with Crippen molar-refractivity contribution >= 4 is 46.4 Å². The first-order valence-electron chi connectivity index (χ1n) is 6.85. The zero-order valence-electron chi connectivity index (χ0n) is 12.2. The highest BCUT2D eigenvalue weighted by atomic mass is 35.5. The Morgan fingerprint density at radius 1 is 0.792 bits per heavy atom. The van der Waals surface area contributed by atoms with E-state index in [1.165, 1.54) is 24.3 Å². The van der Waals surface area contributed by atoms with Gasteiger partial charge in [-0.1, -0.05) is 23.2 Å².